The summed E-state index contributed by atoms with van der Waals surface area (Å²) in [6.45, 7) is 5.66. The van der Waals surface area contributed by atoms with Crippen molar-refractivity contribution in [3.8, 4) is 11.1 Å². The lowest BCUT2D eigenvalue weighted by Gasteiger charge is -2.13. The van der Waals surface area contributed by atoms with Gasteiger partial charge in [0.1, 0.15) is 0 Å². The molecule has 0 unspecified atom stereocenters. The van der Waals surface area contributed by atoms with Crippen molar-refractivity contribution in [1.29, 1.82) is 0 Å². The molecule has 1 heteroatoms. The van der Waals surface area contributed by atoms with Gasteiger partial charge in [-0.25, -0.2) is 0 Å². The van der Waals surface area contributed by atoms with Gasteiger partial charge in [-0.1, -0.05) is 79.4 Å². The van der Waals surface area contributed by atoms with E-state index >= 15 is 0 Å². The second-order valence-corrected chi connectivity index (χ2v) is 6.74. The van der Waals surface area contributed by atoms with Gasteiger partial charge in [0.15, 0.2) is 5.78 Å². The van der Waals surface area contributed by atoms with Crippen LogP contribution in [-0.2, 0) is 11.2 Å². The van der Waals surface area contributed by atoms with Gasteiger partial charge in [0, 0.05) is 5.57 Å². The summed E-state index contributed by atoms with van der Waals surface area (Å²) in [6, 6.07) is 24.7. The van der Waals surface area contributed by atoms with Crippen LogP contribution in [0.1, 0.15) is 29.2 Å². The van der Waals surface area contributed by atoms with Crippen LogP contribution in [0.15, 0.2) is 84.9 Å². The Labute approximate surface area is 154 Å². The standard InChI is InChI=1S/C25H20O/c1-17(2)25(26)24(15-18-9-4-3-5-10-18)22-14-8-13-21-20-12-7-6-11-19(20)16-23(21)22/h3-15H,1,16H2,2H3. The fourth-order valence-electron chi connectivity index (χ4n) is 3.62. The average Bonchev–Trinajstić information content (AvgIpc) is 3.05. The lowest BCUT2D eigenvalue weighted by atomic mass is 9.90. The Kier molecular flexibility index (Phi) is 4.14. The maximum atomic E-state index is 13.0. The summed E-state index contributed by atoms with van der Waals surface area (Å²) in [4.78, 5) is 13.0. The minimum Gasteiger partial charge on any atom is -0.289 e. The Balaban J connectivity index is 1.90. The van der Waals surface area contributed by atoms with Gasteiger partial charge < -0.3 is 0 Å². The summed E-state index contributed by atoms with van der Waals surface area (Å²) >= 11 is 0. The number of carbonyl (C=O) groups excluding carboxylic acids is 1. The van der Waals surface area contributed by atoms with Crippen molar-refractivity contribution in [2.45, 2.75) is 13.3 Å². The van der Waals surface area contributed by atoms with E-state index in [9.17, 15) is 4.79 Å². The molecular weight excluding hydrogens is 316 g/mol. The molecule has 26 heavy (non-hydrogen) atoms. The predicted molar refractivity (Wildman–Crippen MR) is 109 cm³/mol. The van der Waals surface area contributed by atoms with Crippen molar-refractivity contribution in [2.24, 2.45) is 0 Å². The normalized spacial score (nSPS) is 12.4. The zero-order valence-electron chi connectivity index (χ0n) is 14.8. The van der Waals surface area contributed by atoms with E-state index in [1.165, 1.54) is 22.3 Å². The molecule has 3 aromatic carbocycles. The van der Waals surface area contributed by atoms with E-state index in [-0.39, 0.29) is 5.78 Å². The van der Waals surface area contributed by atoms with Crippen LogP contribution in [0.2, 0.25) is 0 Å². The Morgan fingerprint density at radius 1 is 0.885 bits per heavy atom. The van der Waals surface area contributed by atoms with Gasteiger partial charge in [-0.05, 0) is 58.4 Å². The smallest absolute Gasteiger partial charge is 0.188 e. The van der Waals surface area contributed by atoms with Crippen LogP contribution >= 0.6 is 0 Å². The van der Waals surface area contributed by atoms with Crippen LogP contribution in [0.4, 0.5) is 0 Å². The minimum absolute atomic E-state index is 0.00166. The molecule has 0 bridgehead atoms. The van der Waals surface area contributed by atoms with Crippen molar-refractivity contribution in [3.05, 3.63) is 107 Å². The molecule has 4 rings (SSSR count). The summed E-state index contributed by atoms with van der Waals surface area (Å²) < 4.78 is 0. The number of allylic oxidation sites excluding steroid dienone is 2. The summed E-state index contributed by atoms with van der Waals surface area (Å²) in [5.74, 6) is -0.00166. The van der Waals surface area contributed by atoms with E-state index in [1.54, 1.807) is 6.92 Å². The van der Waals surface area contributed by atoms with Crippen molar-refractivity contribution in [2.75, 3.05) is 0 Å². The second kappa shape index (κ2) is 6.61. The third-order valence-corrected chi connectivity index (χ3v) is 4.88. The highest BCUT2D eigenvalue weighted by Crippen LogP contribution is 2.40. The van der Waals surface area contributed by atoms with Gasteiger partial charge >= 0.3 is 0 Å². The highest BCUT2D eigenvalue weighted by atomic mass is 16.1. The molecule has 0 saturated heterocycles. The zero-order chi connectivity index (χ0) is 18.1. The van der Waals surface area contributed by atoms with Crippen LogP contribution in [-0.4, -0.2) is 5.78 Å². The fourth-order valence-corrected chi connectivity index (χ4v) is 3.62. The highest BCUT2D eigenvalue weighted by Gasteiger charge is 2.24. The number of carbonyl (C=O) groups is 1. The molecule has 0 atom stereocenters. The number of Topliss-reactive ketones (excluding diaryl/α,β-unsaturated/α-hetero) is 1. The molecule has 1 aliphatic rings. The van der Waals surface area contributed by atoms with Gasteiger partial charge in [0.2, 0.25) is 0 Å². The van der Waals surface area contributed by atoms with E-state index in [0.29, 0.717) is 11.1 Å². The molecule has 0 saturated carbocycles. The zero-order valence-corrected chi connectivity index (χ0v) is 14.8. The molecule has 0 fully saturated rings. The third kappa shape index (κ3) is 2.82. The summed E-state index contributed by atoms with van der Waals surface area (Å²) in [7, 11) is 0. The largest absolute Gasteiger partial charge is 0.289 e. The van der Waals surface area contributed by atoms with E-state index < -0.39 is 0 Å². The SMILES string of the molecule is C=C(C)C(=O)C(=Cc1ccccc1)c1cccc2c1Cc1ccccc1-2. The number of rotatable bonds is 4. The Morgan fingerprint density at radius 3 is 2.35 bits per heavy atom. The van der Waals surface area contributed by atoms with Crippen molar-refractivity contribution < 1.29 is 4.79 Å². The van der Waals surface area contributed by atoms with Crippen LogP contribution in [0.5, 0.6) is 0 Å². The van der Waals surface area contributed by atoms with E-state index in [2.05, 4.69) is 43.0 Å². The van der Waals surface area contributed by atoms with E-state index in [4.69, 9.17) is 0 Å². The Hall–Kier alpha value is -3.19. The van der Waals surface area contributed by atoms with Gasteiger partial charge in [-0.2, -0.15) is 0 Å². The molecule has 0 spiro atoms. The first kappa shape index (κ1) is 16.3. The van der Waals surface area contributed by atoms with Gasteiger partial charge in [-0.15, -0.1) is 0 Å². The van der Waals surface area contributed by atoms with Crippen molar-refractivity contribution >= 4 is 17.4 Å². The molecule has 126 valence electrons. The molecule has 0 aromatic heterocycles. The monoisotopic (exact) mass is 336 g/mol. The highest BCUT2D eigenvalue weighted by molar-refractivity contribution is 6.32. The molecule has 1 nitrogen and oxygen atoms in total. The topological polar surface area (TPSA) is 17.1 Å². The maximum absolute atomic E-state index is 13.0. The summed E-state index contributed by atoms with van der Waals surface area (Å²) in [6.07, 6.45) is 2.84. The molecule has 0 amide bonds. The van der Waals surface area contributed by atoms with Crippen molar-refractivity contribution in [3.63, 3.8) is 0 Å². The molecular formula is C25H20O. The average molecular weight is 336 g/mol. The molecule has 3 aromatic rings. The van der Waals surface area contributed by atoms with E-state index in [1.807, 2.05) is 42.5 Å². The van der Waals surface area contributed by atoms with Gasteiger partial charge in [-0.3, -0.25) is 4.79 Å². The quantitative estimate of drug-likeness (QED) is 0.333. The number of hydrogen-bond acceptors (Lipinski definition) is 1. The first-order chi connectivity index (χ1) is 12.6. The van der Waals surface area contributed by atoms with Crippen LogP contribution in [0.3, 0.4) is 0 Å². The Bertz CT molecular complexity index is 1040. The third-order valence-electron chi connectivity index (χ3n) is 4.88. The number of ketones is 1. The number of fused-ring (bicyclic) bond motifs is 3. The first-order valence-electron chi connectivity index (χ1n) is 8.82. The van der Waals surface area contributed by atoms with Crippen molar-refractivity contribution in [1.82, 2.24) is 0 Å². The van der Waals surface area contributed by atoms with Gasteiger partial charge in [0.25, 0.3) is 0 Å². The van der Waals surface area contributed by atoms with Gasteiger partial charge in [0.05, 0.1) is 0 Å². The predicted octanol–water partition coefficient (Wildman–Crippen LogP) is 5.94. The molecule has 0 heterocycles. The molecule has 1 aliphatic carbocycles. The van der Waals surface area contributed by atoms with Crippen LogP contribution < -0.4 is 0 Å². The fraction of sp³-hybridized carbons (Fsp3) is 0.0800. The number of hydrogen-bond donors (Lipinski definition) is 0. The molecule has 0 radical (unpaired) electrons. The van der Waals surface area contributed by atoms with Crippen LogP contribution in [0, 0.1) is 0 Å². The lowest BCUT2D eigenvalue weighted by molar-refractivity contribution is -0.110. The first-order valence-corrected chi connectivity index (χ1v) is 8.82. The summed E-state index contributed by atoms with van der Waals surface area (Å²) in [5, 5.41) is 0. The maximum Gasteiger partial charge on any atom is 0.188 e. The summed E-state index contributed by atoms with van der Waals surface area (Å²) in [5.41, 5.74) is 8.34. The minimum atomic E-state index is -0.00166. The second-order valence-electron chi connectivity index (χ2n) is 6.74. The van der Waals surface area contributed by atoms with Crippen LogP contribution in [0.25, 0.3) is 22.8 Å². The number of benzene rings is 3. The molecule has 0 aliphatic heterocycles. The Morgan fingerprint density at radius 2 is 1.58 bits per heavy atom. The lowest BCUT2D eigenvalue weighted by Crippen LogP contribution is -2.05. The van der Waals surface area contributed by atoms with E-state index in [0.717, 1.165) is 17.5 Å². The molecule has 0 N–H and O–H groups in total.